The number of methoxy groups -OCH3 is 3. The Morgan fingerprint density at radius 3 is 2.20 bits per heavy atom. The van der Waals surface area contributed by atoms with E-state index in [1.807, 2.05) is 0 Å². The highest BCUT2D eigenvalue weighted by molar-refractivity contribution is 5.91. The summed E-state index contributed by atoms with van der Waals surface area (Å²) in [5.41, 5.74) is -0.200. The number of carbonyl (C=O) groups is 1. The first-order chi connectivity index (χ1) is 14.3. The predicted molar refractivity (Wildman–Crippen MR) is 107 cm³/mol. The summed E-state index contributed by atoms with van der Waals surface area (Å²) in [6.07, 6.45) is 1.43. The highest BCUT2D eigenvalue weighted by Crippen LogP contribution is 2.38. The Hall–Kier alpha value is -3.76. The average molecular weight is 418 g/mol. The first-order valence-corrected chi connectivity index (χ1v) is 8.92. The maximum absolute atomic E-state index is 12.5. The van der Waals surface area contributed by atoms with Gasteiger partial charge in [0.25, 0.3) is 5.56 Å². The van der Waals surface area contributed by atoms with Crippen molar-refractivity contribution < 1.29 is 23.7 Å². The van der Waals surface area contributed by atoms with Crippen LogP contribution in [0.4, 0.5) is 0 Å². The van der Waals surface area contributed by atoms with Crippen molar-refractivity contribution >= 4 is 17.1 Å². The molecule has 0 aliphatic heterocycles. The lowest BCUT2D eigenvalue weighted by Crippen LogP contribution is -2.37. The zero-order valence-electron chi connectivity index (χ0n) is 17.3. The van der Waals surface area contributed by atoms with E-state index in [1.54, 1.807) is 4.57 Å². The number of imidazole rings is 1. The number of aryl methyl sites for hydroxylation is 1. The first-order valence-electron chi connectivity index (χ1n) is 8.92. The molecule has 160 valence electrons. The Kier molecular flexibility index (Phi) is 5.81. The number of hydrogen-bond acceptors (Lipinski definition) is 8. The van der Waals surface area contributed by atoms with Crippen molar-refractivity contribution in [2.45, 2.75) is 6.54 Å². The third-order valence-electron chi connectivity index (χ3n) is 4.68. The Balaban J connectivity index is 1.80. The number of hydrogen-bond donors (Lipinski definition) is 0. The summed E-state index contributed by atoms with van der Waals surface area (Å²) < 4.78 is 24.9. The highest BCUT2D eigenvalue weighted by Gasteiger charge is 2.18. The zero-order valence-corrected chi connectivity index (χ0v) is 17.3. The van der Waals surface area contributed by atoms with E-state index in [9.17, 15) is 14.4 Å². The minimum Gasteiger partial charge on any atom is -0.493 e. The van der Waals surface area contributed by atoms with Crippen molar-refractivity contribution in [1.82, 2.24) is 18.7 Å². The lowest BCUT2D eigenvalue weighted by atomic mass is 10.2. The van der Waals surface area contributed by atoms with Gasteiger partial charge in [0, 0.05) is 14.1 Å². The van der Waals surface area contributed by atoms with E-state index in [2.05, 4.69) is 4.98 Å². The molecule has 0 radical (unpaired) electrons. The molecule has 2 aromatic heterocycles. The molecule has 30 heavy (non-hydrogen) atoms. The van der Waals surface area contributed by atoms with Crippen molar-refractivity contribution in [3.05, 3.63) is 44.9 Å². The molecule has 11 nitrogen and oxygen atoms in total. The molecule has 0 unspecified atom stereocenters. The molecule has 0 N–H and O–H groups in total. The van der Waals surface area contributed by atoms with Crippen molar-refractivity contribution in [2.24, 2.45) is 14.1 Å². The molecule has 3 rings (SSSR count). The standard InChI is InChI=1S/C19H22N4O7/c1-21-16-14(17(24)22(2)19(21)26)23(10-20-16)6-7-30-18(25)11-8-12(27-3)15(29-5)13(9-11)28-4/h8-10H,6-7H2,1-5H3. The van der Waals surface area contributed by atoms with Gasteiger partial charge >= 0.3 is 11.7 Å². The molecule has 0 saturated heterocycles. The van der Waals surface area contributed by atoms with E-state index >= 15 is 0 Å². The molecule has 11 heteroatoms. The summed E-state index contributed by atoms with van der Waals surface area (Å²) in [5, 5.41) is 0. The highest BCUT2D eigenvalue weighted by atomic mass is 16.5. The maximum Gasteiger partial charge on any atom is 0.338 e. The quantitative estimate of drug-likeness (QED) is 0.504. The van der Waals surface area contributed by atoms with Gasteiger partial charge in [-0.15, -0.1) is 0 Å². The Morgan fingerprint density at radius 2 is 1.63 bits per heavy atom. The fourth-order valence-electron chi connectivity index (χ4n) is 3.09. The van der Waals surface area contributed by atoms with Gasteiger partial charge in [-0.1, -0.05) is 0 Å². The monoisotopic (exact) mass is 418 g/mol. The lowest BCUT2D eigenvalue weighted by Gasteiger charge is -2.14. The van der Waals surface area contributed by atoms with E-state index in [0.29, 0.717) is 17.2 Å². The molecular weight excluding hydrogens is 396 g/mol. The second kappa shape index (κ2) is 8.31. The van der Waals surface area contributed by atoms with Crippen LogP contribution >= 0.6 is 0 Å². The lowest BCUT2D eigenvalue weighted by molar-refractivity contribution is 0.0491. The van der Waals surface area contributed by atoms with Crippen LogP contribution in [-0.4, -0.2) is 52.6 Å². The third-order valence-corrected chi connectivity index (χ3v) is 4.68. The van der Waals surface area contributed by atoms with E-state index < -0.39 is 17.2 Å². The third kappa shape index (κ3) is 3.49. The molecule has 1 aromatic carbocycles. The molecule has 0 bridgehead atoms. The molecule has 3 aromatic rings. The van der Waals surface area contributed by atoms with Crippen LogP contribution < -0.4 is 25.5 Å². The fraction of sp³-hybridized carbons (Fsp3) is 0.368. The van der Waals surface area contributed by atoms with E-state index in [1.165, 1.54) is 58.5 Å². The van der Waals surface area contributed by atoms with Gasteiger partial charge < -0.3 is 23.5 Å². The Morgan fingerprint density at radius 1 is 1.00 bits per heavy atom. The largest absolute Gasteiger partial charge is 0.493 e. The van der Waals surface area contributed by atoms with Crippen LogP contribution in [0.2, 0.25) is 0 Å². The molecule has 0 fully saturated rings. The van der Waals surface area contributed by atoms with Crippen LogP contribution in [0.5, 0.6) is 17.2 Å². The topological polar surface area (TPSA) is 116 Å². The number of benzene rings is 1. The number of nitrogens with zero attached hydrogens (tertiary/aromatic N) is 4. The van der Waals surface area contributed by atoms with Crippen LogP contribution in [0.15, 0.2) is 28.0 Å². The van der Waals surface area contributed by atoms with Crippen molar-refractivity contribution in [1.29, 1.82) is 0 Å². The van der Waals surface area contributed by atoms with Gasteiger partial charge in [0.05, 0.1) is 39.8 Å². The molecule has 0 atom stereocenters. The fourth-order valence-corrected chi connectivity index (χ4v) is 3.09. The van der Waals surface area contributed by atoms with Gasteiger partial charge in [0.1, 0.15) is 6.61 Å². The van der Waals surface area contributed by atoms with E-state index in [-0.39, 0.29) is 29.9 Å². The number of aromatic nitrogens is 4. The summed E-state index contributed by atoms with van der Waals surface area (Å²) in [4.78, 5) is 41.1. The SMILES string of the molecule is COc1cc(C(=O)OCCn2cnc3c2c(=O)n(C)c(=O)n3C)cc(OC)c1OC. The molecule has 0 aliphatic carbocycles. The van der Waals surface area contributed by atoms with Crippen LogP contribution in [-0.2, 0) is 25.4 Å². The second-order valence-corrected chi connectivity index (χ2v) is 6.37. The van der Waals surface area contributed by atoms with Gasteiger partial charge in [-0.25, -0.2) is 14.6 Å². The first kappa shape index (κ1) is 21.0. The van der Waals surface area contributed by atoms with E-state index in [4.69, 9.17) is 18.9 Å². The number of rotatable bonds is 7. The normalized spacial score (nSPS) is 10.8. The van der Waals surface area contributed by atoms with Gasteiger partial charge in [-0.05, 0) is 12.1 Å². The van der Waals surface area contributed by atoms with Gasteiger partial charge in [-0.3, -0.25) is 13.9 Å². The molecule has 0 spiro atoms. The predicted octanol–water partition coefficient (Wildman–Crippen LogP) is 0.317. The number of fused-ring (bicyclic) bond motifs is 1. The molecule has 0 aliphatic rings. The molecule has 0 saturated carbocycles. The summed E-state index contributed by atoms with van der Waals surface area (Å²) in [7, 11) is 7.29. The Bertz CT molecular complexity index is 1200. The summed E-state index contributed by atoms with van der Waals surface area (Å²) in [6, 6.07) is 2.98. The summed E-state index contributed by atoms with van der Waals surface area (Å²) in [5.74, 6) is 0.421. The van der Waals surface area contributed by atoms with Crippen LogP contribution in [0.25, 0.3) is 11.2 Å². The maximum atomic E-state index is 12.5. The number of carbonyl (C=O) groups excluding carboxylic acids is 1. The number of ether oxygens (including phenoxy) is 4. The van der Waals surface area contributed by atoms with Crippen molar-refractivity contribution in [3.63, 3.8) is 0 Å². The minimum atomic E-state index is -0.598. The molecule has 0 amide bonds. The summed E-state index contributed by atoms with van der Waals surface area (Å²) in [6.45, 7) is 0.160. The van der Waals surface area contributed by atoms with Crippen molar-refractivity contribution in [2.75, 3.05) is 27.9 Å². The van der Waals surface area contributed by atoms with Crippen LogP contribution in [0.1, 0.15) is 10.4 Å². The smallest absolute Gasteiger partial charge is 0.338 e. The van der Waals surface area contributed by atoms with Crippen LogP contribution in [0, 0.1) is 0 Å². The minimum absolute atomic E-state index is 0.0209. The van der Waals surface area contributed by atoms with E-state index in [0.717, 1.165) is 4.57 Å². The van der Waals surface area contributed by atoms with Gasteiger partial charge in [0.2, 0.25) is 5.75 Å². The van der Waals surface area contributed by atoms with Crippen LogP contribution in [0.3, 0.4) is 0 Å². The summed E-state index contributed by atoms with van der Waals surface area (Å²) >= 11 is 0. The Labute approximate surface area is 171 Å². The van der Waals surface area contributed by atoms with Crippen molar-refractivity contribution in [3.8, 4) is 17.2 Å². The number of esters is 1. The zero-order chi connectivity index (χ0) is 22.0. The van der Waals surface area contributed by atoms with Gasteiger partial charge in [0.15, 0.2) is 22.7 Å². The molecule has 2 heterocycles. The van der Waals surface area contributed by atoms with Gasteiger partial charge in [-0.2, -0.15) is 0 Å². The molecular formula is C19H22N4O7. The average Bonchev–Trinajstić information content (AvgIpc) is 3.18. The second-order valence-electron chi connectivity index (χ2n) is 6.37.